The zero-order valence-corrected chi connectivity index (χ0v) is 24.5. The van der Waals surface area contributed by atoms with E-state index in [0.29, 0.717) is 52.9 Å². The second-order valence-electron chi connectivity index (χ2n) is 11.7. The molecule has 1 atom stereocenters. The van der Waals surface area contributed by atoms with Gasteiger partial charge < -0.3 is 15.0 Å². The number of Topliss-reactive ketones (excluding diaryl/α,β-unsaturated/α-hetero) is 1. The molecule has 1 saturated heterocycles. The van der Waals surface area contributed by atoms with Gasteiger partial charge in [-0.3, -0.25) is 14.5 Å². The lowest BCUT2D eigenvalue weighted by molar-refractivity contribution is -0.118. The van der Waals surface area contributed by atoms with E-state index < -0.39 is 6.04 Å². The number of halogens is 2. The molecule has 1 unspecified atom stereocenters. The summed E-state index contributed by atoms with van der Waals surface area (Å²) in [6.07, 6.45) is 4.93. The molecule has 0 radical (unpaired) electrons. The van der Waals surface area contributed by atoms with Crippen molar-refractivity contribution in [1.82, 2.24) is 4.90 Å². The first-order chi connectivity index (χ1) is 18.6. The monoisotopic (exact) mass is 569 g/mol. The molecule has 8 heteroatoms. The smallest absolute Gasteiger partial charge is 0.224 e. The molecule has 1 amide bonds. The molecular formula is C31H37Cl2N3O3. The number of hydrogen-bond donors (Lipinski definition) is 1. The van der Waals surface area contributed by atoms with E-state index in [-0.39, 0.29) is 17.1 Å². The number of allylic oxidation sites excluding steroid dienone is 1. The van der Waals surface area contributed by atoms with Crippen LogP contribution in [0.5, 0.6) is 0 Å². The minimum atomic E-state index is -0.661. The highest BCUT2D eigenvalue weighted by Crippen LogP contribution is 2.49. The maximum atomic E-state index is 13.7. The van der Waals surface area contributed by atoms with Crippen molar-refractivity contribution in [2.75, 3.05) is 36.5 Å². The van der Waals surface area contributed by atoms with E-state index in [0.717, 1.165) is 36.6 Å². The highest BCUT2D eigenvalue weighted by Gasteiger charge is 2.43. The third kappa shape index (κ3) is 6.19. The van der Waals surface area contributed by atoms with Crippen LogP contribution in [0.2, 0.25) is 10.0 Å². The Morgan fingerprint density at radius 2 is 1.85 bits per heavy atom. The molecule has 0 saturated carbocycles. The van der Waals surface area contributed by atoms with Gasteiger partial charge in [-0.2, -0.15) is 0 Å². The molecule has 2 aromatic rings. The number of benzene rings is 2. The molecule has 39 heavy (non-hydrogen) atoms. The van der Waals surface area contributed by atoms with Crippen LogP contribution in [0.4, 0.5) is 11.4 Å². The first-order valence-corrected chi connectivity index (χ1v) is 14.6. The molecule has 2 aromatic carbocycles. The molecule has 2 heterocycles. The Balaban J connectivity index is 1.50. The molecule has 1 aliphatic carbocycles. The number of nitrogens with one attached hydrogen (secondary N) is 1. The average molecular weight is 571 g/mol. The van der Waals surface area contributed by atoms with Crippen molar-refractivity contribution in [2.24, 2.45) is 5.41 Å². The Hall–Kier alpha value is -2.38. The predicted octanol–water partition coefficient (Wildman–Crippen LogP) is 7.16. The highest BCUT2D eigenvalue weighted by atomic mass is 35.5. The van der Waals surface area contributed by atoms with E-state index >= 15 is 0 Å². The van der Waals surface area contributed by atoms with Gasteiger partial charge in [-0.15, -0.1) is 0 Å². The fraction of sp³-hybridized carbons (Fsp3) is 0.484. The van der Waals surface area contributed by atoms with Gasteiger partial charge in [0.2, 0.25) is 5.91 Å². The zero-order chi connectivity index (χ0) is 27.7. The lowest BCUT2D eigenvalue weighted by Crippen LogP contribution is -2.38. The zero-order valence-electron chi connectivity index (χ0n) is 23.0. The number of likely N-dealkylation sites (tertiary alicyclic amines) is 1. The van der Waals surface area contributed by atoms with Crippen LogP contribution in [0.1, 0.15) is 70.0 Å². The van der Waals surface area contributed by atoms with Crippen molar-refractivity contribution in [1.29, 1.82) is 0 Å². The van der Waals surface area contributed by atoms with Crippen LogP contribution in [0.15, 0.2) is 47.7 Å². The van der Waals surface area contributed by atoms with Gasteiger partial charge in [-0.05, 0) is 73.2 Å². The van der Waals surface area contributed by atoms with E-state index in [9.17, 15) is 9.59 Å². The SMILES string of the molecule is CC(=O)N1c2ccc(COCCN3CCCCC3)cc2NC2=C(C(=O)CC(C)(C)C2)C1c1ccc(Cl)cc1Cl. The maximum Gasteiger partial charge on any atom is 0.224 e. The van der Waals surface area contributed by atoms with E-state index in [1.807, 2.05) is 24.3 Å². The molecular weight excluding hydrogens is 533 g/mol. The average Bonchev–Trinajstić information content (AvgIpc) is 3.00. The summed E-state index contributed by atoms with van der Waals surface area (Å²) in [7, 11) is 0. The van der Waals surface area contributed by atoms with Crippen LogP contribution in [0, 0.1) is 5.41 Å². The second kappa shape index (κ2) is 11.6. The molecule has 1 fully saturated rings. The normalized spacial score (nSPS) is 21.2. The molecule has 5 rings (SSSR count). The number of amides is 1. The number of ketones is 1. The van der Waals surface area contributed by atoms with Gasteiger partial charge in [-0.25, -0.2) is 0 Å². The first kappa shape index (κ1) is 28.2. The summed E-state index contributed by atoms with van der Waals surface area (Å²) in [6.45, 7) is 10.1. The van der Waals surface area contributed by atoms with Crippen molar-refractivity contribution in [3.8, 4) is 0 Å². The van der Waals surface area contributed by atoms with Crippen molar-refractivity contribution in [3.63, 3.8) is 0 Å². The molecule has 0 spiro atoms. The van der Waals surface area contributed by atoms with Gasteiger partial charge in [0.05, 0.1) is 30.6 Å². The van der Waals surface area contributed by atoms with Crippen molar-refractivity contribution in [3.05, 3.63) is 68.8 Å². The largest absolute Gasteiger partial charge is 0.375 e. The fourth-order valence-corrected chi connectivity index (χ4v) is 6.63. The lowest BCUT2D eigenvalue weighted by Gasteiger charge is -2.37. The third-order valence-electron chi connectivity index (χ3n) is 7.92. The molecule has 6 nitrogen and oxygen atoms in total. The lowest BCUT2D eigenvalue weighted by atomic mass is 9.73. The number of nitrogens with zero attached hydrogens (tertiary/aromatic N) is 2. The molecule has 2 aliphatic heterocycles. The molecule has 3 aliphatic rings. The topological polar surface area (TPSA) is 61.9 Å². The number of hydrogen-bond acceptors (Lipinski definition) is 5. The second-order valence-corrected chi connectivity index (χ2v) is 12.6. The van der Waals surface area contributed by atoms with Gasteiger partial charge in [0.25, 0.3) is 0 Å². The summed E-state index contributed by atoms with van der Waals surface area (Å²) in [5, 5.41) is 4.50. The van der Waals surface area contributed by atoms with Crippen molar-refractivity contribution >= 4 is 46.3 Å². The summed E-state index contributed by atoms with van der Waals surface area (Å²) in [6, 6.07) is 10.5. The van der Waals surface area contributed by atoms with Crippen LogP contribution in [0.3, 0.4) is 0 Å². The first-order valence-electron chi connectivity index (χ1n) is 13.8. The Labute approximate surface area is 241 Å². The van der Waals surface area contributed by atoms with E-state index in [2.05, 4.69) is 24.1 Å². The third-order valence-corrected chi connectivity index (χ3v) is 8.49. The number of carbonyl (C=O) groups is 2. The standard InChI is InChI=1S/C31H37Cl2N3O3/c1-20(37)36-27-10-7-21(19-39-14-13-35-11-5-4-6-12-35)15-25(27)34-26-17-31(2,3)18-28(38)29(26)30(36)23-9-8-22(32)16-24(23)33/h7-10,15-16,30,34H,4-6,11-14,17-19H2,1-3H3. The van der Waals surface area contributed by atoms with Crippen LogP contribution in [-0.2, 0) is 20.9 Å². The number of anilines is 2. The van der Waals surface area contributed by atoms with Gasteiger partial charge in [0, 0.05) is 41.2 Å². The van der Waals surface area contributed by atoms with Crippen LogP contribution >= 0.6 is 23.2 Å². The summed E-state index contributed by atoms with van der Waals surface area (Å²) in [5.74, 6) is -0.156. The molecule has 0 aromatic heterocycles. The van der Waals surface area contributed by atoms with Crippen LogP contribution in [0.25, 0.3) is 0 Å². The summed E-state index contributed by atoms with van der Waals surface area (Å²) >= 11 is 12.9. The molecule has 1 N–H and O–H groups in total. The van der Waals surface area contributed by atoms with E-state index in [1.165, 1.54) is 26.2 Å². The van der Waals surface area contributed by atoms with Gasteiger partial charge in [0.15, 0.2) is 5.78 Å². The highest BCUT2D eigenvalue weighted by molar-refractivity contribution is 6.35. The summed E-state index contributed by atoms with van der Waals surface area (Å²) < 4.78 is 6.05. The fourth-order valence-electron chi connectivity index (χ4n) is 6.11. The molecule has 208 valence electrons. The summed E-state index contributed by atoms with van der Waals surface area (Å²) in [4.78, 5) is 31.2. The number of carbonyl (C=O) groups excluding carboxylic acids is 2. The van der Waals surface area contributed by atoms with Crippen LogP contribution in [-0.4, -0.2) is 42.8 Å². The number of piperidine rings is 1. The Morgan fingerprint density at radius 1 is 1.08 bits per heavy atom. The van der Waals surface area contributed by atoms with E-state index in [4.69, 9.17) is 27.9 Å². The number of fused-ring (bicyclic) bond motifs is 1. The Bertz CT molecular complexity index is 1300. The minimum absolute atomic E-state index is 0.0186. The van der Waals surface area contributed by atoms with Gasteiger partial charge in [-0.1, -0.05) is 55.6 Å². The quantitative estimate of drug-likeness (QED) is 0.374. The minimum Gasteiger partial charge on any atom is -0.375 e. The number of rotatable bonds is 6. The number of ether oxygens (including phenoxy) is 1. The molecule has 0 bridgehead atoms. The Kier molecular flexibility index (Phi) is 8.39. The summed E-state index contributed by atoms with van der Waals surface area (Å²) in [5.41, 5.74) is 4.39. The van der Waals surface area contributed by atoms with Gasteiger partial charge in [0.1, 0.15) is 0 Å². The van der Waals surface area contributed by atoms with E-state index in [1.54, 1.807) is 17.0 Å². The predicted molar refractivity (Wildman–Crippen MR) is 157 cm³/mol. The Morgan fingerprint density at radius 3 is 2.56 bits per heavy atom. The van der Waals surface area contributed by atoms with Gasteiger partial charge >= 0.3 is 0 Å². The maximum absolute atomic E-state index is 13.7. The van der Waals surface area contributed by atoms with Crippen molar-refractivity contribution in [2.45, 2.75) is 65.5 Å². The van der Waals surface area contributed by atoms with Crippen LogP contribution < -0.4 is 10.2 Å². The van der Waals surface area contributed by atoms with Crippen molar-refractivity contribution < 1.29 is 14.3 Å².